The first-order valence-electron chi connectivity index (χ1n) is 5.54. The summed E-state index contributed by atoms with van der Waals surface area (Å²) in [6, 6.07) is -0.0111. The Labute approximate surface area is 92.6 Å². The highest BCUT2D eigenvalue weighted by Gasteiger charge is 2.37. The minimum atomic E-state index is -0.0651. The number of rotatable bonds is 2. The van der Waals surface area contributed by atoms with Gasteiger partial charge < -0.3 is 10.2 Å². The molecule has 4 nitrogen and oxygen atoms in total. The van der Waals surface area contributed by atoms with Crippen LogP contribution in [0.4, 0.5) is 0 Å². The molecule has 1 amide bonds. The van der Waals surface area contributed by atoms with Gasteiger partial charge in [-0.1, -0.05) is 0 Å². The molecule has 0 spiro atoms. The molecule has 0 aromatic rings. The predicted octanol–water partition coefficient (Wildman–Crippen LogP) is 0.147. The van der Waals surface area contributed by atoms with Gasteiger partial charge in [0.15, 0.2) is 0 Å². The van der Waals surface area contributed by atoms with E-state index in [9.17, 15) is 4.79 Å². The van der Waals surface area contributed by atoms with Crippen LogP contribution in [0.15, 0.2) is 0 Å². The first kappa shape index (κ1) is 12.5. The Morgan fingerprint density at radius 3 is 2.47 bits per heavy atom. The molecule has 15 heavy (non-hydrogen) atoms. The van der Waals surface area contributed by atoms with Crippen molar-refractivity contribution in [2.75, 3.05) is 33.7 Å². The third-order valence-corrected chi connectivity index (χ3v) is 2.97. The quantitative estimate of drug-likeness (QED) is 0.709. The molecule has 0 aliphatic carbocycles. The zero-order valence-electron chi connectivity index (χ0n) is 10.5. The summed E-state index contributed by atoms with van der Waals surface area (Å²) in [7, 11) is 3.90. The third-order valence-electron chi connectivity index (χ3n) is 2.97. The third kappa shape index (κ3) is 2.69. The van der Waals surface area contributed by atoms with Crippen LogP contribution in [0, 0.1) is 0 Å². The van der Waals surface area contributed by atoms with E-state index in [4.69, 9.17) is 0 Å². The van der Waals surface area contributed by atoms with Crippen molar-refractivity contribution in [2.45, 2.75) is 32.4 Å². The molecule has 0 radical (unpaired) electrons. The Morgan fingerprint density at radius 1 is 1.40 bits per heavy atom. The fraction of sp³-hybridized carbons (Fsp3) is 0.909. The van der Waals surface area contributed by atoms with Crippen LogP contribution in [0.25, 0.3) is 0 Å². The lowest BCUT2D eigenvalue weighted by Gasteiger charge is -2.45. The lowest BCUT2D eigenvalue weighted by molar-refractivity contribution is -0.146. The maximum Gasteiger partial charge on any atom is 0.241 e. The molecule has 1 saturated heterocycles. The SMILES string of the molecule is CNCC1C(=O)N(C(C)(C)C)CCN1C. The molecule has 0 bridgehead atoms. The van der Waals surface area contributed by atoms with Crippen LogP contribution in [-0.2, 0) is 4.79 Å². The van der Waals surface area contributed by atoms with Gasteiger partial charge in [0.25, 0.3) is 0 Å². The van der Waals surface area contributed by atoms with E-state index in [0.717, 1.165) is 19.6 Å². The van der Waals surface area contributed by atoms with E-state index >= 15 is 0 Å². The van der Waals surface area contributed by atoms with E-state index in [1.807, 2.05) is 19.0 Å². The number of hydrogen-bond donors (Lipinski definition) is 1. The monoisotopic (exact) mass is 213 g/mol. The van der Waals surface area contributed by atoms with Crippen molar-refractivity contribution in [1.29, 1.82) is 0 Å². The number of nitrogens with one attached hydrogen (secondary N) is 1. The van der Waals surface area contributed by atoms with E-state index in [1.54, 1.807) is 0 Å². The minimum absolute atomic E-state index is 0.0111. The van der Waals surface area contributed by atoms with Gasteiger partial charge in [0.1, 0.15) is 6.04 Å². The fourth-order valence-corrected chi connectivity index (χ4v) is 1.99. The summed E-state index contributed by atoms with van der Waals surface area (Å²) >= 11 is 0. The van der Waals surface area contributed by atoms with Crippen LogP contribution < -0.4 is 5.32 Å². The van der Waals surface area contributed by atoms with Crippen molar-refractivity contribution < 1.29 is 4.79 Å². The summed E-state index contributed by atoms with van der Waals surface area (Å²) in [5.74, 6) is 0.241. The smallest absolute Gasteiger partial charge is 0.241 e. The van der Waals surface area contributed by atoms with Crippen molar-refractivity contribution >= 4 is 5.91 Å². The molecule has 1 fully saturated rings. The normalized spacial score (nSPS) is 24.7. The minimum Gasteiger partial charge on any atom is -0.335 e. The number of likely N-dealkylation sites (N-methyl/N-ethyl adjacent to an activating group) is 2. The number of hydrogen-bond acceptors (Lipinski definition) is 3. The summed E-state index contributed by atoms with van der Waals surface area (Å²) < 4.78 is 0. The maximum atomic E-state index is 12.2. The molecular formula is C11H23N3O. The van der Waals surface area contributed by atoms with E-state index in [-0.39, 0.29) is 17.5 Å². The topological polar surface area (TPSA) is 35.6 Å². The molecule has 0 saturated carbocycles. The largest absolute Gasteiger partial charge is 0.335 e. The summed E-state index contributed by atoms with van der Waals surface area (Å²) in [6.45, 7) is 8.78. The molecule has 1 unspecified atom stereocenters. The zero-order valence-corrected chi connectivity index (χ0v) is 10.5. The Kier molecular flexibility index (Phi) is 3.73. The van der Waals surface area contributed by atoms with Gasteiger partial charge in [-0.3, -0.25) is 9.69 Å². The van der Waals surface area contributed by atoms with E-state index in [2.05, 4.69) is 31.0 Å². The molecule has 4 heteroatoms. The standard InChI is InChI=1S/C11H23N3O/c1-11(2,3)14-7-6-13(5)9(8-12-4)10(14)15/h9,12H,6-8H2,1-5H3. The Bertz CT molecular complexity index is 234. The highest BCUT2D eigenvalue weighted by Crippen LogP contribution is 2.19. The maximum absolute atomic E-state index is 12.2. The van der Waals surface area contributed by atoms with Gasteiger partial charge in [-0.15, -0.1) is 0 Å². The van der Waals surface area contributed by atoms with Gasteiger partial charge in [0, 0.05) is 25.2 Å². The van der Waals surface area contributed by atoms with Crippen molar-refractivity contribution in [2.24, 2.45) is 0 Å². The van der Waals surface area contributed by atoms with Crippen LogP contribution in [0.3, 0.4) is 0 Å². The van der Waals surface area contributed by atoms with E-state index in [1.165, 1.54) is 0 Å². The van der Waals surface area contributed by atoms with Gasteiger partial charge in [-0.2, -0.15) is 0 Å². The van der Waals surface area contributed by atoms with Crippen LogP contribution in [-0.4, -0.2) is 61.0 Å². The molecule has 1 rings (SSSR count). The molecule has 0 aromatic carbocycles. The lowest BCUT2D eigenvalue weighted by Crippen LogP contribution is -2.62. The number of piperazine rings is 1. The van der Waals surface area contributed by atoms with E-state index < -0.39 is 0 Å². The van der Waals surface area contributed by atoms with Crippen molar-refractivity contribution in [3.05, 3.63) is 0 Å². The number of nitrogens with zero attached hydrogens (tertiary/aromatic N) is 2. The average molecular weight is 213 g/mol. The van der Waals surface area contributed by atoms with Crippen LogP contribution in [0.1, 0.15) is 20.8 Å². The van der Waals surface area contributed by atoms with Crippen molar-refractivity contribution in [1.82, 2.24) is 15.1 Å². The average Bonchev–Trinajstić information content (AvgIpc) is 2.09. The summed E-state index contributed by atoms with van der Waals surface area (Å²) in [5, 5.41) is 3.08. The molecule has 1 aliphatic heterocycles. The first-order chi connectivity index (χ1) is 6.88. The Balaban J connectivity index is 2.77. The van der Waals surface area contributed by atoms with Gasteiger partial charge in [0.05, 0.1) is 0 Å². The molecule has 0 aromatic heterocycles. The Morgan fingerprint density at radius 2 is 2.00 bits per heavy atom. The van der Waals surface area contributed by atoms with Gasteiger partial charge in [0.2, 0.25) is 5.91 Å². The zero-order chi connectivity index (χ0) is 11.6. The number of carbonyl (C=O) groups is 1. The van der Waals surface area contributed by atoms with Crippen LogP contribution >= 0.6 is 0 Å². The van der Waals surface area contributed by atoms with E-state index in [0.29, 0.717) is 0 Å². The van der Waals surface area contributed by atoms with Crippen molar-refractivity contribution in [3.8, 4) is 0 Å². The van der Waals surface area contributed by atoms with Crippen molar-refractivity contribution in [3.63, 3.8) is 0 Å². The van der Waals surface area contributed by atoms with Crippen LogP contribution in [0.2, 0.25) is 0 Å². The molecule has 1 N–H and O–H groups in total. The summed E-state index contributed by atoms with van der Waals surface area (Å²) in [6.07, 6.45) is 0. The second-order valence-corrected chi connectivity index (χ2v) is 5.21. The molecule has 1 aliphatic rings. The highest BCUT2D eigenvalue weighted by atomic mass is 16.2. The van der Waals surface area contributed by atoms with Crippen LogP contribution in [0.5, 0.6) is 0 Å². The second kappa shape index (κ2) is 4.49. The molecular weight excluding hydrogens is 190 g/mol. The molecule has 1 heterocycles. The lowest BCUT2D eigenvalue weighted by atomic mass is 10.0. The summed E-state index contributed by atoms with van der Waals surface area (Å²) in [4.78, 5) is 16.3. The number of carbonyl (C=O) groups excluding carboxylic acids is 1. The predicted molar refractivity (Wildman–Crippen MR) is 61.8 cm³/mol. The molecule has 1 atom stereocenters. The Hall–Kier alpha value is -0.610. The van der Waals surface area contributed by atoms with Gasteiger partial charge >= 0.3 is 0 Å². The van der Waals surface area contributed by atoms with Gasteiger partial charge in [-0.05, 0) is 34.9 Å². The highest BCUT2D eigenvalue weighted by molar-refractivity contribution is 5.83. The van der Waals surface area contributed by atoms with Gasteiger partial charge in [-0.25, -0.2) is 0 Å². The first-order valence-corrected chi connectivity index (χ1v) is 5.54. The second-order valence-electron chi connectivity index (χ2n) is 5.21. The fourth-order valence-electron chi connectivity index (χ4n) is 1.99. The summed E-state index contributed by atoms with van der Waals surface area (Å²) in [5.41, 5.74) is -0.0651. The number of amides is 1. The molecule has 88 valence electrons.